The quantitative estimate of drug-likeness (QED) is 0.523. The van der Waals surface area contributed by atoms with Crippen LogP contribution in [0.2, 0.25) is 5.02 Å². The molecule has 4 rings (SSSR count). The van der Waals surface area contributed by atoms with Crippen LogP contribution in [0, 0.1) is 11.3 Å². The van der Waals surface area contributed by atoms with Crippen LogP contribution in [0.1, 0.15) is 5.56 Å². The van der Waals surface area contributed by atoms with E-state index in [4.69, 9.17) is 21.3 Å². The lowest BCUT2D eigenvalue weighted by molar-refractivity contribution is -0.134. The van der Waals surface area contributed by atoms with Gasteiger partial charge < -0.3 is 14.6 Å². The van der Waals surface area contributed by atoms with E-state index >= 15 is 0 Å². The number of thioether (sulfide) groups is 2. The average molecular weight is 486 g/mol. The monoisotopic (exact) mass is 485 g/mol. The van der Waals surface area contributed by atoms with Crippen molar-refractivity contribution in [3.05, 3.63) is 59.1 Å². The molecule has 0 aliphatic carbocycles. The first-order valence-corrected chi connectivity index (χ1v) is 12.0. The fraction of sp³-hybridized carbons (Fsp3) is 0.190. The molecule has 1 atom stereocenters. The maximum absolute atomic E-state index is 12.8. The van der Waals surface area contributed by atoms with Crippen LogP contribution in [0.3, 0.4) is 0 Å². The first-order chi connectivity index (χ1) is 15.5. The highest BCUT2D eigenvalue weighted by molar-refractivity contribution is 8.00. The molecule has 0 saturated carbocycles. The molecule has 1 aliphatic rings. The van der Waals surface area contributed by atoms with Gasteiger partial charge in [0.15, 0.2) is 0 Å². The number of hydrogen-bond acceptors (Lipinski definition) is 8. The van der Waals surface area contributed by atoms with Crippen LogP contribution in [0.4, 0.5) is 5.69 Å². The molecule has 2 aromatic carbocycles. The molecule has 1 fully saturated rings. The lowest BCUT2D eigenvalue weighted by atomic mass is 10.2. The van der Waals surface area contributed by atoms with Crippen LogP contribution in [0.5, 0.6) is 0 Å². The molecule has 1 unspecified atom stereocenters. The number of aromatic nitrogens is 2. The van der Waals surface area contributed by atoms with Gasteiger partial charge in [0.25, 0.3) is 5.22 Å². The van der Waals surface area contributed by atoms with Crippen LogP contribution < -0.4 is 5.32 Å². The van der Waals surface area contributed by atoms with Crippen LogP contribution in [-0.4, -0.2) is 50.3 Å². The maximum Gasteiger partial charge on any atom is 0.277 e. The number of carbonyl (C=O) groups excluding carboxylic acids is 2. The highest BCUT2D eigenvalue weighted by Gasteiger charge is 2.34. The first-order valence-electron chi connectivity index (χ1n) is 9.44. The predicted molar refractivity (Wildman–Crippen MR) is 123 cm³/mol. The van der Waals surface area contributed by atoms with Gasteiger partial charge in [-0.3, -0.25) is 9.59 Å². The molecule has 162 valence electrons. The number of rotatable bonds is 6. The van der Waals surface area contributed by atoms with Crippen LogP contribution >= 0.6 is 35.1 Å². The van der Waals surface area contributed by atoms with E-state index in [0.717, 1.165) is 17.3 Å². The van der Waals surface area contributed by atoms with E-state index in [1.54, 1.807) is 53.4 Å². The summed E-state index contributed by atoms with van der Waals surface area (Å²) in [6.45, 7) is 0. The van der Waals surface area contributed by atoms with Gasteiger partial charge in [0.05, 0.1) is 23.3 Å². The lowest BCUT2D eigenvalue weighted by Gasteiger charge is -2.22. The van der Waals surface area contributed by atoms with Crippen molar-refractivity contribution >= 4 is 52.6 Å². The second-order valence-corrected chi connectivity index (χ2v) is 9.09. The van der Waals surface area contributed by atoms with Crippen molar-refractivity contribution in [1.29, 1.82) is 5.26 Å². The normalized spacial score (nSPS) is 15.4. The van der Waals surface area contributed by atoms with Crippen LogP contribution in [0.25, 0.3) is 11.5 Å². The minimum atomic E-state index is -0.573. The van der Waals surface area contributed by atoms with E-state index in [1.807, 2.05) is 6.07 Å². The highest BCUT2D eigenvalue weighted by atomic mass is 35.5. The molecule has 0 bridgehead atoms. The Kier molecular flexibility index (Phi) is 6.99. The van der Waals surface area contributed by atoms with Gasteiger partial charge in [-0.25, -0.2) is 0 Å². The maximum atomic E-state index is 12.8. The van der Waals surface area contributed by atoms with Crippen LogP contribution in [0.15, 0.2) is 58.2 Å². The Morgan fingerprint density at radius 1 is 1.22 bits per heavy atom. The lowest BCUT2D eigenvalue weighted by Crippen LogP contribution is -2.45. The Morgan fingerprint density at radius 3 is 2.69 bits per heavy atom. The van der Waals surface area contributed by atoms with Gasteiger partial charge in [-0.15, -0.1) is 22.0 Å². The molecule has 2 amide bonds. The fourth-order valence-electron chi connectivity index (χ4n) is 2.94. The number of amides is 2. The third-order valence-corrected chi connectivity index (χ3v) is 6.67. The number of carbonyl (C=O) groups is 2. The molecule has 1 N–H and O–H groups in total. The van der Waals surface area contributed by atoms with E-state index in [0.29, 0.717) is 33.8 Å². The second kappa shape index (κ2) is 10.1. The minimum Gasteiger partial charge on any atom is -0.411 e. The van der Waals surface area contributed by atoms with Crippen molar-refractivity contribution in [2.75, 3.05) is 22.7 Å². The topological polar surface area (TPSA) is 112 Å². The number of halogens is 1. The molecular formula is C21H16ClN5O3S2. The van der Waals surface area contributed by atoms with Crippen molar-refractivity contribution in [3.63, 3.8) is 0 Å². The number of nitrogens with zero attached hydrogens (tertiary/aromatic N) is 4. The molecule has 3 aromatic rings. The molecule has 0 radical (unpaired) electrons. The number of benzene rings is 2. The summed E-state index contributed by atoms with van der Waals surface area (Å²) in [5.41, 5.74) is 1.82. The summed E-state index contributed by atoms with van der Waals surface area (Å²) in [5, 5.41) is 20.5. The fourth-order valence-corrected chi connectivity index (χ4v) is 4.90. The summed E-state index contributed by atoms with van der Waals surface area (Å²) in [5.74, 6) is 0.911. The van der Waals surface area contributed by atoms with Gasteiger partial charge in [0, 0.05) is 22.0 Å². The molecule has 1 saturated heterocycles. The van der Waals surface area contributed by atoms with E-state index in [2.05, 4.69) is 15.5 Å². The Labute approximate surface area is 197 Å². The summed E-state index contributed by atoms with van der Waals surface area (Å²) >= 11 is 8.53. The van der Waals surface area contributed by atoms with Gasteiger partial charge in [0.2, 0.25) is 17.7 Å². The van der Waals surface area contributed by atoms with Crippen molar-refractivity contribution in [2.24, 2.45) is 0 Å². The Balaban J connectivity index is 1.34. The van der Waals surface area contributed by atoms with Crippen molar-refractivity contribution in [3.8, 4) is 17.5 Å². The average Bonchev–Trinajstić information content (AvgIpc) is 3.49. The Bertz CT molecular complexity index is 1160. The zero-order valence-electron chi connectivity index (χ0n) is 16.5. The zero-order chi connectivity index (χ0) is 22.5. The number of nitriles is 1. The van der Waals surface area contributed by atoms with E-state index in [9.17, 15) is 9.59 Å². The van der Waals surface area contributed by atoms with Crippen molar-refractivity contribution < 1.29 is 14.0 Å². The summed E-state index contributed by atoms with van der Waals surface area (Å²) in [6, 6.07) is 15.0. The van der Waals surface area contributed by atoms with Gasteiger partial charge >= 0.3 is 0 Å². The minimum absolute atomic E-state index is 0.0729. The number of anilines is 1. The predicted octanol–water partition coefficient (Wildman–Crippen LogP) is 3.89. The molecule has 0 spiro atoms. The second-order valence-electron chi connectivity index (χ2n) is 6.73. The smallest absolute Gasteiger partial charge is 0.277 e. The van der Waals surface area contributed by atoms with Crippen molar-refractivity contribution in [1.82, 2.24) is 15.1 Å². The molecule has 1 aromatic heterocycles. The Morgan fingerprint density at radius 2 is 1.97 bits per heavy atom. The van der Waals surface area contributed by atoms with Crippen LogP contribution in [-0.2, 0) is 9.59 Å². The molecule has 11 heteroatoms. The van der Waals surface area contributed by atoms with Gasteiger partial charge in [-0.2, -0.15) is 5.26 Å². The molecule has 8 nitrogen and oxygen atoms in total. The highest BCUT2D eigenvalue weighted by Crippen LogP contribution is 2.27. The standard InChI is InChI=1S/C21H16ClN5O3S2/c22-15-5-3-14(4-6-15)20-25-26-21(30-20)32-11-18(28)27-12-31-10-17(27)19(29)24-16-7-1-13(9-23)2-8-16/h1-8,17H,10-12H2,(H,24,29). The molecule has 32 heavy (non-hydrogen) atoms. The number of hydrogen-bond donors (Lipinski definition) is 1. The summed E-state index contributed by atoms with van der Waals surface area (Å²) in [7, 11) is 0. The summed E-state index contributed by atoms with van der Waals surface area (Å²) < 4.78 is 5.61. The van der Waals surface area contributed by atoms with Gasteiger partial charge in [-0.1, -0.05) is 23.4 Å². The summed E-state index contributed by atoms with van der Waals surface area (Å²) in [4.78, 5) is 27.0. The van der Waals surface area contributed by atoms with E-state index < -0.39 is 6.04 Å². The molecule has 2 heterocycles. The third-order valence-electron chi connectivity index (χ3n) is 4.60. The van der Waals surface area contributed by atoms with Crippen molar-refractivity contribution in [2.45, 2.75) is 11.3 Å². The molecular weight excluding hydrogens is 470 g/mol. The summed E-state index contributed by atoms with van der Waals surface area (Å²) in [6.07, 6.45) is 0. The Hall–Kier alpha value is -3.00. The first kappa shape index (κ1) is 22.2. The van der Waals surface area contributed by atoms with Gasteiger partial charge in [-0.05, 0) is 48.5 Å². The molecule has 1 aliphatic heterocycles. The van der Waals surface area contributed by atoms with E-state index in [1.165, 1.54) is 11.8 Å². The zero-order valence-corrected chi connectivity index (χ0v) is 18.9. The van der Waals surface area contributed by atoms with Gasteiger partial charge in [0.1, 0.15) is 6.04 Å². The SMILES string of the molecule is N#Cc1ccc(NC(=O)C2CSCN2C(=O)CSc2nnc(-c3ccc(Cl)cc3)o2)cc1. The largest absolute Gasteiger partial charge is 0.411 e. The van der Waals surface area contributed by atoms with E-state index in [-0.39, 0.29) is 22.8 Å². The third kappa shape index (κ3) is 5.24. The number of nitrogens with one attached hydrogen (secondary N) is 1.